The Bertz CT molecular complexity index is 701. The van der Waals surface area contributed by atoms with Crippen molar-refractivity contribution in [3.63, 3.8) is 0 Å². The number of methoxy groups -OCH3 is 1. The maximum atomic E-state index is 12.1. The summed E-state index contributed by atoms with van der Waals surface area (Å²) in [6, 6.07) is 11.6. The van der Waals surface area contributed by atoms with Crippen LogP contribution in [0.4, 0.5) is 5.69 Å². The summed E-state index contributed by atoms with van der Waals surface area (Å²) < 4.78 is 5.25. The summed E-state index contributed by atoms with van der Waals surface area (Å²) in [5, 5.41) is 6.60. The van der Waals surface area contributed by atoms with E-state index in [1.165, 1.54) is 11.1 Å². The molecule has 0 aliphatic carbocycles. The molecule has 2 rings (SSSR count). The van der Waals surface area contributed by atoms with Crippen LogP contribution in [0.3, 0.4) is 0 Å². The van der Waals surface area contributed by atoms with Gasteiger partial charge >= 0.3 is 0 Å². The first-order chi connectivity index (χ1) is 11.0. The largest absolute Gasteiger partial charge is 0.495 e. The van der Waals surface area contributed by atoms with Crippen molar-refractivity contribution in [1.82, 2.24) is 5.32 Å². The van der Waals surface area contributed by atoms with Crippen molar-refractivity contribution < 1.29 is 9.53 Å². The number of halogens is 1. The third-order valence-corrected chi connectivity index (χ3v) is 4.02. The first kappa shape index (κ1) is 17.3. The molecule has 0 atom stereocenters. The van der Waals surface area contributed by atoms with E-state index < -0.39 is 0 Å². The number of amides is 1. The summed E-state index contributed by atoms with van der Waals surface area (Å²) in [6.07, 6.45) is 0. The number of nitrogens with one attached hydrogen (secondary N) is 2. The fraction of sp³-hybridized carbons (Fsp3) is 0.278. The summed E-state index contributed by atoms with van der Waals surface area (Å²) in [5.74, 6) is 0.423. The van der Waals surface area contributed by atoms with Crippen LogP contribution in [0.15, 0.2) is 36.4 Å². The van der Waals surface area contributed by atoms with Gasteiger partial charge in [0.15, 0.2) is 0 Å². The van der Waals surface area contributed by atoms with Gasteiger partial charge in [0.2, 0.25) is 5.91 Å². The quantitative estimate of drug-likeness (QED) is 0.848. The monoisotopic (exact) mass is 332 g/mol. The number of hydrogen-bond acceptors (Lipinski definition) is 3. The fourth-order valence-corrected chi connectivity index (χ4v) is 2.40. The van der Waals surface area contributed by atoms with E-state index in [1.54, 1.807) is 19.2 Å². The Kier molecular flexibility index (Phi) is 6.02. The minimum atomic E-state index is -0.126. The SMILES string of the molecule is COc1cc(Cl)c(C)cc1NC(=O)CNCc1ccccc1C. The van der Waals surface area contributed by atoms with Crippen molar-refractivity contribution in [3.05, 3.63) is 58.1 Å². The van der Waals surface area contributed by atoms with Crippen molar-refractivity contribution in [2.45, 2.75) is 20.4 Å². The molecular formula is C18H21ClN2O2. The van der Waals surface area contributed by atoms with Gasteiger partial charge in [0.25, 0.3) is 0 Å². The molecule has 4 nitrogen and oxygen atoms in total. The van der Waals surface area contributed by atoms with Crippen molar-refractivity contribution in [2.75, 3.05) is 19.0 Å². The van der Waals surface area contributed by atoms with Crippen LogP contribution in [0.5, 0.6) is 5.75 Å². The summed E-state index contributed by atoms with van der Waals surface area (Å²) >= 11 is 6.06. The van der Waals surface area contributed by atoms with E-state index >= 15 is 0 Å². The minimum absolute atomic E-state index is 0.126. The predicted octanol–water partition coefficient (Wildman–Crippen LogP) is 3.69. The second-order valence-electron chi connectivity index (χ2n) is 5.38. The summed E-state index contributed by atoms with van der Waals surface area (Å²) in [4.78, 5) is 12.1. The fourth-order valence-electron chi connectivity index (χ4n) is 2.24. The van der Waals surface area contributed by atoms with Gasteiger partial charge in [0.1, 0.15) is 5.75 Å². The molecule has 0 aliphatic heterocycles. The number of rotatable bonds is 6. The van der Waals surface area contributed by atoms with E-state index in [0.717, 1.165) is 5.56 Å². The number of hydrogen-bond donors (Lipinski definition) is 2. The van der Waals surface area contributed by atoms with Gasteiger partial charge in [-0.05, 0) is 36.6 Å². The maximum Gasteiger partial charge on any atom is 0.238 e. The van der Waals surface area contributed by atoms with Gasteiger partial charge in [-0.15, -0.1) is 0 Å². The number of carbonyl (C=O) groups is 1. The Balaban J connectivity index is 1.93. The van der Waals surface area contributed by atoms with Crippen LogP contribution in [-0.2, 0) is 11.3 Å². The van der Waals surface area contributed by atoms with E-state index in [9.17, 15) is 4.79 Å². The van der Waals surface area contributed by atoms with E-state index in [4.69, 9.17) is 16.3 Å². The van der Waals surface area contributed by atoms with Crippen molar-refractivity contribution in [2.24, 2.45) is 0 Å². The Morgan fingerprint density at radius 3 is 2.61 bits per heavy atom. The van der Waals surface area contributed by atoms with Crippen molar-refractivity contribution in [3.8, 4) is 5.75 Å². The summed E-state index contributed by atoms with van der Waals surface area (Å²) in [7, 11) is 1.55. The molecule has 122 valence electrons. The van der Waals surface area contributed by atoms with Crippen LogP contribution in [0.1, 0.15) is 16.7 Å². The molecule has 1 amide bonds. The summed E-state index contributed by atoms with van der Waals surface area (Å²) in [6.45, 7) is 4.81. The number of anilines is 1. The molecular weight excluding hydrogens is 312 g/mol. The number of carbonyl (C=O) groups excluding carboxylic acids is 1. The smallest absolute Gasteiger partial charge is 0.238 e. The Morgan fingerprint density at radius 1 is 1.17 bits per heavy atom. The minimum Gasteiger partial charge on any atom is -0.495 e. The van der Waals surface area contributed by atoms with Gasteiger partial charge in [-0.2, -0.15) is 0 Å². The Morgan fingerprint density at radius 2 is 1.91 bits per heavy atom. The van der Waals surface area contributed by atoms with Gasteiger partial charge in [0.05, 0.1) is 19.3 Å². The molecule has 0 heterocycles. The first-order valence-corrected chi connectivity index (χ1v) is 7.78. The topological polar surface area (TPSA) is 50.4 Å². The molecule has 0 saturated heterocycles. The number of ether oxygens (including phenoxy) is 1. The third-order valence-electron chi connectivity index (χ3n) is 3.62. The van der Waals surface area contributed by atoms with Crippen molar-refractivity contribution >= 4 is 23.2 Å². The highest BCUT2D eigenvalue weighted by Crippen LogP contribution is 2.30. The number of benzene rings is 2. The lowest BCUT2D eigenvalue weighted by Crippen LogP contribution is -2.28. The third kappa shape index (κ3) is 4.71. The molecule has 2 aromatic rings. The molecule has 0 aliphatic rings. The molecule has 0 saturated carbocycles. The van der Waals surface area contributed by atoms with E-state index in [2.05, 4.69) is 23.6 Å². The molecule has 2 N–H and O–H groups in total. The lowest BCUT2D eigenvalue weighted by molar-refractivity contribution is -0.115. The zero-order chi connectivity index (χ0) is 16.8. The van der Waals surface area contributed by atoms with Crippen LogP contribution in [-0.4, -0.2) is 19.6 Å². The van der Waals surface area contributed by atoms with E-state index in [1.807, 2.05) is 25.1 Å². The molecule has 0 bridgehead atoms. The molecule has 2 aromatic carbocycles. The highest BCUT2D eigenvalue weighted by atomic mass is 35.5. The van der Waals surface area contributed by atoms with Crippen LogP contribution in [0, 0.1) is 13.8 Å². The molecule has 23 heavy (non-hydrogen) atoms. The summed E-state index contributed by atoms with van der Waals surface area (Å²) in [5.41, 5.74) is 3.89. The van der Waals surface area contributed by atoms with Crippen LogP contribution in [0.2, 0.25) is 5.02 Å². The molecule has 0 radical (unpaired) electrons. The normalized spacial score (nSPS) is 10.4. The lowest BCUT2D eigenvalue weighted by Gasteiger charge is -2.13. The molecule has 0 unspecified atom stereocenters. The van der Waals surface area contributed by atoms with E-state index in [-0.39, 0.29) is 12.5 Å². The maximum absolute atomic E-state index is 12.1. The van der Waals surface area contributed by atoms with Crippen LogP contribution in [0.25, 0.3) is 0 Å². The average Bonchev–Trinajstić information content (AvgIpc) is 2.52. The zero-order valence-electron chi connectivity index (χ0n) is 13.6. The molecule has 0 fully saturated rings. The second kappa shape index (κ2) is 7.99. The van der Waals surface area contributed by atoms with Crippen LogP contribution >= 0.6 is 11.6 Å². The Labute approximate surface area is 141 Å². The first-order valence-electron chi connectivity index (χ1n) is 7.40. The zero-order valence-corrected chi connectivity index (χ0v) is 14.3. The molecule has 5 heteroatoms. The van der Waals surface area contributed by atoms with Crippen molar-refractivity contribution in [1.29, 1.82) is 0 Å². The highest BCUT2D eigenvalue weighted by molar-refractivity contribution is 6.31. The molecule has 0 aromatic heterocycles. The predicted molar refractivity (Wildman–Crippen MR) is 94.3 cm³/mol. The van der Waals surface area contributed by atoms with Gasteiger partial charge in [-0.1, -0.05) is 35.9 Å². The highest BCUT2D eigenvalue weighted by Gasteiger charge is 2.10. The standard InChI is InChI=1S/C18H21ClN2O2/c1-12-6-4-5-7-14(12)10-20-11-18(22)21-16-8-13(2)15(19)9-17(16)23-3/h4-9,20H,10-11H2,1-3H3,(H,21,22). The average molecular weight is 333 g/mol. The van der Waals surface area contributed by atoms with Crippen LogP contribution < -0.4 is 15.4 Å². The van der Waals surface area contributed by atoms with Gasteiger partial charge in [0, 0.05) is 17.6 Å². The number of aryl methyl sites for hydroxylation is 2. The van der Waals surface area contributed by atoms with Gasteiger partial charge < -0.3 is 15.4 Å². The van der Waals surface area contributed by atoms with Gasteiger partial charge in [-0.3, -0.25) is 4.79 Å². The van der Waals surface area contributed by atoms with E-state index in [0.29, 0.717) is 23.0 Å². The Hall–Kier alpha value is -2.04. The molecule has 0 spiro atoms. The van der Waals surface area contributed by atoms with Gasteiger partial charge in [-0.25, -0.2) is 0 Å². The second-order valence-corrected chi connectivity index (χ2v) is 5.79. The lowest BCUT2D eigenvalue weighted by atomic mass is 10.1.